The Balaban J connectivity index is 1.74. The van der Waals surface area contributed by atoms with Crippen LogP contribution in [-0.2, 0) is 14.2 Å². The molecule has 2 saturated heterocycles. The van der Waals surface area contributed by atoms with Gasteiger partial charge < -0.3 is 19.1 Å². The molecule has 6 heteroatoms. The molecular formula is C15H20N2O4. The van der Waals surface area contributed by atoms with Crippen molar-refractivity contribution in [3.8, 4) is 0 Å². The Kier molecular flexibility index (Phi) is 4.07. The van der Waals surface area contributed by atoms with Gasteiger partial charge in [0.2, 0.25) is 0 Å². The van der Waals surface area contributed by atoms with Crippen molar-refractivity contribution in [3.05, 3.63) is 23.9 Å². The molecule has 114 valence electrons. The molecule has 2 aliphatic rings. The predicted octanol–water partition coefficient (Wildman–Crippen LogP) is 1.60. The van der Waals surface area contributed by atoms with Gasteiger partial charge in [0.05, 0.1) is 19.8 Å². The fourth-order valence-corrected chi connectivity index (χ4v) is 2.86. The average molecular weight is 292 g/mol. The van der Waals surface area contributed by atoms with Crippen molar-refractivity contribution in [2.45, 2.75) is 25.6 Å². The topological polar surface area (TPSA) is 60.9 Å². The summed E-state index contributed by atoms with van der Waals surface area (Å²) in [5.74, 6) is -0.0620. The van der Waals surface area contributed by atoms with Crippen molar-refractivity contribution in [1.82, 2.24) is 4.98 Å². The lowest BCUT2D eigenvalue weighted by Crippen LogP contribution is -2.45. The molecule has 0 aromatic carbocycles. The quantitative estimate of drug-likeness (QED) is 0.789. The number of hydrogen-bond donors (Lipinski definition) is 0. The fourth-order valence-electron chi connectivity index (χ4n) is 2.86. The van der Waals surface area contributed by atoms with E-state index in [4.69, 9.17) is 14.2 Å². The summed E-state index contributed by atoms with van der Waals surface area (Å²) >= 11 is 0. The Bertz CT molecular complexity index is 504. The van der Waals surface area contributed by atoms with Crippen LogP contribution in [0.1, 0.15) is 30.1 Å². The Morgan fingerprint density at radius 1 is 1.38 bits per heavy atom. The number of rotatable bonds is 3. The Morgan fingerprint density at radius 2 is 2.10 bits per heavy atom. The minimum atomic E-state index is -0.421. The summed E-state index contributed by atoms with van der Waals surface area (Å²) in [5.41, 5.74) is 0.517. The molecule has 0 amide bonds. The first-order valence-corrected chi connectivity index (χ1v) is 7.39. The van der Waals surface area contributed by atoms with Gasteiger partial charge in [0, 0.05) is 32.1 Å². The highest BCUT2D eigenvalue weighted by atomic mass is 16.7. The van der Waals surface area contributed by atoms with Crippen LogP contribution in [0.2, 0.25) is 0 Å². The van der Waals surface area contributed by atoms with Crippen molar-refractivity contribution >= 4 is 11.8 Å². The molecule has 1 spiro atoms. The molecule has 21 heavy (non-hydrogen) atoms. The van der Waals surface area contributed by atoms with E-state index in [2.05, 4.69) is 9.88 Å². The Hall–Kier alpha value is -1.66. The Labute approximate surface area is 124 Å². The van der Waals surface area contributed by atoms with Crippen molar-refractivity contribution < 1.29 is 19.0 Å². The second kappa shape index (κ2) is 5.99. The van der Waals surface area contributed by atoms with E-state index >= 15 is 0 Å². The van der Waals surface area contributed by atoms with Crippen LogP contribution in [0.3, 0.4) is 0 Å². The second-order valence-corrected chi connectivity index (χ2v) is 5.19. The molecule has 1 aromatic heterocycles. The van der Waals surface area contributed by atoms with Gasteiger partial charge in [-0.05, 0) is 19.1 Å². The van der Waals surface area contributed by atoms with Gasteiger partial charge in [-0.3, -0.25) is 0 Å². The largest absolute Gasteiger partial charge is 0.462 e. The molecule has 0 bridgehead atoms. The van der Waals surface area contributed by atoms with Crippen molar-refractivity contribution in [3.63, 3.8) is 0 Å². The minimum absolute atomic E-state index is 0.325. The third-order valence-corrected chi connectivity index (χ3v) is 3.92. The van der Waals surface area contributed by atoms with Gasteiger partial charge in [-0.2, -0.15) is 0 Å². The summed E-state index contributed by atoms with van der Waals surface area (Å²) in [4.78, 5) is 18.5. The second-order valence-electron chi connectivity index (χ2n) is 5.19. The molecule has 3 heterocycles. The van der Waals surface area contributed by atoms with Gasteiger partial charge in [0.15, 0.2) is 5.79 Å². The van der Waals surface area contributed by atoms with Gasteiger partial charge in [-0.25, -0.2) is 9.78 Å². The summed E-state index contributed by atoms with van der Waals surface area (Å²) in [5, 5.41) is 0. The first-order valence-electron chi connectivity index (χ1n) is 7.39. The third kappa shape index (κ3) is 2.87. The number of nitrogens with zero attached hydrogens (tertiary/aromatic N) is 2. The maximum absolute atomic E-state index is 12.0. The number of anilines is 1. The number of esters is 1. The lowest BCUT2D eigenvalue weighted by molar-refractivity contribution is -0.169. The summed E-state index contributed by atoms with van der Waals surface area (Å²) in [6, 6.07) is 3.51. The fraction of sp³-hybridized carbons (Fsp3) is 0.600. The van der Waals surface area contributed by atoms with Crippen LogP contribution in [0, 0.1) is 0 Å². The summed E-state index contributed by atoms with van der Waals surface area (Å²) in [7, 11) is 0. The molecule has 0 unspecified atom stereocenters. The Morgan fingerprint density at radius 3 is 2.76 bits per heavy atom. The molecule has 3 rings (SSSR count). The van der Waals surface area contributed by atoms with E-state index in [-0.39, 0.29) is 5.97 Å². The normalized spacial score (nSPS) is 20.7. The molecule has 0 aliphatic carbocycles. The summed E-state index contributed by atoms with van der Waals surface area (Å²) < 4.78 is 16.5. The van der Waals surface area contributed by atoms with E-state index in [0.717, 1.165) is 25.9 Å². The van der Waals surface area contributed by atoms with Gasteiger partial charge in [-0.1, -0.05) is 0 Å². The molecule has 0 N–H and O–H groups in total. The van der Waals surface area contributed by atoms with Crippen LogP contribution in [0.5, 0.6) is 0 Å². The highest BCUT2D eigenvalue weighted by molar-refractivity contribution is 5.94. The number of hydrogen-bond acceptors (Lipinski definition) is 6. The van der Waals surface area contributed by atoms with Crippen LogP contribution in [0.4, 0.5) is 5.82 Å². The first-order chi connectivity index (χ1) is 10.2. The van der Waals surface area contributed by atoms with Gasteiger partial charge in [-0.15, -0.1) is 0 Å². The molecule has 0 radical (unpaired) electrons. The third-order valence-electron chi connectivity index (χ3n) is 3.92. The zero-order valence-electron chi connectivity index (χ0n) is 12.2. The number of carbonyl (C=O) groups excluding carboxylic acids is 1. The number of pyridine rings is 1. The van der Waals surface area contributed by atoms with Crippen LogP contribution in [0.25, 0.3) is 0 Å². The van der Waals surface area contributed by atoms with Gasteiger partial charge in [0.25, 0.3) is 0 Å². The molecule has 0 saturated carbocycles. The van der Waals surface area contributed by atoms with Crippen molar-refractivity contribution in [1.29, 1.82) is 0 Å². The van der Waals surface area contributed by atoms with E-state index in [1.165, 1.54) is 0 Å². The number of piperidine rings is 1. The molecule has 1 aromatic rings. The molecule has 0 atom stereocenters. The number of carbonyl (C=O) groups is 1. The minimum Gasteiger partial charge on any atom is -0.462 e. The number of aromatic nitrogens is 1. The van der Waals surface area contributed by atoms with Crippen molar-refractivity contribution in [2.75, 3.05) is 37.8 Å². The zero-order valence-corrected chi connectivity index (χ0v) is 12.2. The van der Waals surface area contributed by atoms with Crippen LogP contribution in [-0.4, -0.2) is 49.7 Å². The lowest BCUT2D eigenvalue weighted by Gasteiger charge is -2.38. The summed E-state index contributed by atoms with van der Waals surface area (Å²) in [6.45, 7) is 4.99. The lowest BCUT2D eigenvalue weighted by atomic mass is 10.0. The van der Waals surface area contributed by atoms with E-state index in [9.17, 15) is 4.79 Å². The monoisotopic (exact) mass is 292 g/mol. The standard InChI is InChI=1S/C15H20N2O4/c1-2-19-14(18)12-4-3-7-16-13(12)17-8-5-15(6-9-17)20-10-11-21-15/h3-4,7H,2,5-6,8-11H2,1H3. The van der Waals surface area contributed by atoms with E-state index in [0.29, 0.717) is 31.2 Å². The predicted molar refractivity (Wildman–Crippen MR) is 76.3 cm³/mol. The summed E-state index contributed by atoms with van der Waals surface area (Å²) in [6.07, 6.45) is 3.27. The zero-order chi connectivity index (χ0) is 14.7. The smallest absolute Gasteiger partial charge is 0.341 e. The van der Waals surface area contributed by atoms with Gasteiger partial charge >= 0.3 is 5.97 Å². The molecular weight excluding hydrogens is 272 g/mol. The van der Waals surface area contributed by atoms with Crippen molar-refractivity contribution in [2.24, 2.45) is 0 Å². The van der Waals surface area contributed by atoms with Crippen LogP contribution in [0.15, 0.2) is 18.3 Å². The maximum Gasteiger partial charge on any atom is 0.341 e. The van der Waals surface area contributed by atoms with Gasteiger partial charge in [0.1, 0.15) is 11.4 Å². The van der Waals surface area contributed by atoms with E-state index < -0.39 is 5.79 Å². The highest BCUT2D eigenvalue weighted by Gasteiger charge is 2.40. The number of ether oxygens (including phenoxy) is 3. The van der Waals surface area contributed by atoms with Crippen LogP contribution < -0.4 is 4.90 Å². The highest BCUT2D eigenvalue weighted by Crippen LogP contribution is 2.33. The maximum atomic E-state index is 12.0. The van der Waals surface area contributed by atoms with Crippen LogP contribution >= 0.6 is 0 Å². The average Bonchev–Trinajstić information content (AvgIpc) is 2.97. The molecule has 2 fully saturated rings. The van der Waals surface area contributed by atoms with E-state index in [1.54, 1.807) is 25.3 Å². The molecule has 6 nitrogen and oxygen atoms in total. The first kappa shape index (κ1) is 14.3. The molecule has 2 aliphatic heterocycles. The van der Waals surface area contributed by atoms with E-state index in [1.807, 2.05) is 0 Å². The SMILES string of the molecule is CCOC(=O)c1cccnc1N1CCC2(CC1)OCCO2.